The molecule has 0 bridgehead atoms. The van der Waals surface area contributed by atoms with Crippen molar-refractivity contribution < 1.29 is 14.3 Å². The fourth-order valence-corrected chi connectivity index (χ4v) is 3.94. The molecule has 3 aromatic heterocycles. The first-order chi connectivity index (χ1) is 18.9. The molecule has 0 radical (unpaired) electrons. The van der Waals surface area contributed by atoms with E-state index in [1.165, 1.54) is 13.2 Å². The Kier molecular flexibility index (Phi) is 7.17. The zero-order chi connectivity index (χ0) is 27.4. The number of ether oxygens (including phenoxy) is 1. The molecule has 10 heteroatoms. The maximum absolute atomic E-state index is 12.9. The van der Waals surface area contributed by atoms with Crippen LogP contribution in [0.4, 0.5) is 16.2 Å². The van der Waals surface area contributed by atoms with Gasteiger partial charge in [-0.2, -0.15) is 5.10 Å². The van der Waals surface area contributed by atoms with Crippen molar-refractivity contribution >= 4 is 34.2 Å². The Morgan fingerprint density at radius 2 is 1.72 bits per heavy atom. The van der Waals surface area contributed by atoms with Gasteiger partial charge in [-0.1, -0.05) is 12.1 Å². The molecule has 2 aromatic carbocycles. The van der Waals surface area contributed by atoms with E-state index in [9.17, 15) is 9.59 Å². The molecule has 0 spiro atoms. The van der Waals surface area contributed by atoms with E-state index in [1.54, 1.807) is 42.6 Å². The molecule has 0 saturated carbocycles. The van der Waals surface area contributed by atoms with Crippen LogP contribution in [0.5, 0.6) is 11.5 Å². The highest BCUT2D eigenvalue weighted by atomic mass is 16.5. The van der Waals surface area contributed by atoms with Crippen LogP contribution < -0.4 is 20.7 Å². The molecule has 3 amide bonds. The smallest absolute Gasteiger partial charge is 0.323 e. The van der Waals surface area contributed by atoms with Crippen LogP contribution in [0.15, 0.2) is 85.3 Å². The number of nitrogens with zero attached hydrogens (tertiary/aromatic N) is 4. The standard InChI is InChI=1S/C29H27N7O3/c1-18(2)36-17-26(27(35-36)20-6-11-24-19(15-20)5-4-13-31-24)34-29(38)33-21-7-9-22(10-8-21)39-23-12-14-32-25(16-23)28(37)30-3/h4-18H,1-3H3,(H,30,37)(H2,33,34,38). The second-order valence-corrected chi connectivity index (χ2v) is 9.04. The van der Waals surface area contributed by atoms with E-state index in [2.05, 4.69) is 25.9 Å². The summed E-state index contributed by atoms with van der Waals surface area (Å²) >= 11 is 0. The lowest BCUT2D eigenvalue weighted by Crippen LogP contribution is -2.19. The molecule has 0 unspecified atom stereocenters. The maximum atomic E-state index is 12.9. The van der Waals surface area contributed by atoms with Crippen molar-refractivity contribution in [2.24, 2.45) is 0 Å². The fraction of sp³-hybridized carbons (Fsp3) is 0.138. The van der Waals surface area contributed by atoms with E-state index < -0.39 is 6.03 Å². The van der Waals surface area contributed by atoms with Crippen molar-refractivity contribution in [2.45, 2.75) is 19.9 Å². The number of anilines is 2. The number of carbonyl (C=O) groups is 2. The number of nitrogens with one attached hydrogen (secondary N) is 3. The Balaban J connectivity index is 1.29. The van der Waals surface area contributed by atoms with Gasteiger partial charge in [-0.25, -0.2) is 4.79 Å². The van der Waals surface area contributed by atoms with Gasteiger partial charge in [-0.3, -0.25) is 19.4 Å². The number of hydrogen-bond donors (Lipinski definition) is 3. The summed E-state index contributed by atoms with van der Waals surface area (Å²) in [6.45, 7) is 4.06. The van der Waals surface area contributed by atoms with Gasteiger partial charge in [0.1, 0.15) is 22.9 Å². The van der Waals surface area contributed by atoms with Crippen molar-refractivity contribution in [2.75, 3.05) is 17.7 Å². The molecule has 3 heterocycles. The van der Waals surface area contributed by atoms with Gasteiger partial charge in [0, 0.05) is 54.4 Å². The molecule has 0 aliphatic rings. The first kappa shape index (κ1) is 25.4. The monoisotopic (exact) mass is 521 g/mol. The molecule has 196 valence electrons. The van der Waals surface area contributed by atoms with Gasteiger partial charge < -0.3 is 20.7 Å². The average molecular weight is 522 g/mol. The topological polar surface area (TPSA) is 123 Å². The van der Waals surface area contributed by atoms with Gasteiger partial charge in [-0.05, 0) is 62.4 Å². The third-order valence-electron chi connectivity index (χ3n) is 5.92. The minimum absolute atomic E-state index is 0.116. The molecule has 0 aliphatic heterocycles. The van der Waals surface area contributed by atoms with Crippen LogP contribution in [0.2, 0.25) is 0 Å². The van der Waals surface area contributed by atoms with Crippen LogP contribution in [0.1, 0.15) is 30.4 Å². The molecule has 0 saturated heterocycles. The Bertz CT molecular complexity index is 1640. The summed E-state index contributed by atoms with van der Waals surface area (Å²) in [5.74, 6) is 0.716. The summed E-state index contributed by atoms with van der Waals surface area (Å²) < 4.78 is 7.64. The normalized spacial score (nSPS) is 10.9. The van der Waals surface area contributed by atoms with E-state index in [4.69, 9.17) is 9.84 Å². The lowest BCUT2D eigenvalue weighted by Gasteiger charge is -2.10. The largest absolute Gasteiger partial charge is 0.457 e. The predicted molar refractivity (Wildman–Crippen MR) is 150 cm³/mol. The Morgan fingerprint density at radius 1 is 0.897 bits per heavy atom. The second-order valence-electron chi connectivity index (χ2n) is 9.04. The van der Waals surface area contributed by atoms with Crippen molar-refractivity contribution in [1.29, 1.82) is 0 Å². The van der Waals surface area contributed by atoms with Gasteiger partial charge in [0.05, 0.1) is 11.2 Å². The van der Waals surface area contributed by atoms with Crippen LogP contribution in [0.25, 0.3) is 22.2 Å². The van der Waals surface area contributed by atoms with E-state index in [1.807, 2.05) is 55.1 Å². The highest BCUT2D eigenvalue weighted by molar-refractivity contribution is 6.02. The van der Waals surface area contributed by atoms with E-state index >= 15 is 0 Å². The molecule has 0 fully saturated rings. The first-order valence-electron chi connectivity index (χ1n) is 12.4. The summed E-state index contributed by atoms with van der Waals surface area (Å²) in [5.41, 5.74) is 3.86. The molecular formula is C29H27N7O3. The molecular weight excluding hydrogens is 494 g/mol. The van der Waals surface area contributed by atoms with Crippen molar-refractivity contribution in [3.63, 3.8) is 0 Å². The Labute approximate surface area is 225 Å². The summed E-state index contributed by atoms with van der Waals surface area (Å²) in [7, 11) is 1.54. The van der Waals surface area contributed by atoms with Crippen LogP contribution in [-0.4, -0.2) is 38.7 Å². The van der Waals surface area contributed by atoms with E-state index in [0.717, 1.165) is 16.5 Å². The van der Waals surface area contributed by atoms with Crippen molar-refractivity contribution in [3.8, 4) is 22.8 Å². The number of aromatic nitrogens is 4. The van der Waals surface area contributed by atoms with E-state index in [0.29, 0.717) is 28.6 Å². The lowest BCUT2D eigenvalue weighted by molar-refractivity contribution is 0.0958. The maximum Gasteiger partial charge on any atom is 0.323 e. The molecule has 0 aliphatic carbocycles. The summed E-state index contributed by atoms with van der Waals surface area (Å²) in [6, 6.07) is 19.6. The van der Waals surface area contributed by atoms with Gasteiger partial charge in [0.2, 0.25) is 0 Å². The summed E-state index contributed by atoms with van der Waals surface area (Å²) in [5, 5.41) is 14.0. The number of pyridine rings is 2. The summed E-state index contributed by atoms with van der Waals surface area (Å²) in [4.78, 5) is 33.1. The molecule has 5 rings (SSSR count). The highest BCUT2D eigenvalue weighted by Crippen LogP contribution is 2.30. The Morgan fingerprint density at radius 3 is 2.49 bits per heavy atom. The predicted octanol–water partition coefficient (Wildman–Crippen LogP) is 5.87. The highest BCUT2D eigenvalue weighted by Gasteiger charge is 2.16. The van der Waals surface area contributed by atoms with E-state index in [-0.39, 0.29) is 17.6 Å². The molecule has 5 aromatic rings. The third-order valence-corrected chi connectivity index (χ3v) is 5.92. The number of fused-ring (bicyclic) bond motifs is 1. The van der Waals surface area contributed by atoms with Crippen molar-refractivity contribution in [1.82, 2.24) is 25.1 Å². The number of amides is 3. The minimum atomic E-state index is -0.403. The fourth-order valence-electron chi connectivity index (χ4n) is 3.94. The van der Waals surface area contributed by atoms with Crippen LogP contribution in [0, 0.1) is 0 Å². The number of rotatable bonds is 7. The molecule has 0 atom stereocenters. The minimum Gasteiger partial charge on any atom is -0.457 e. The quantitative estimate of drug-likeness (QED) is 0.246. The van der Waals surface area contributed by atoms with Crippen LogP contribution >= 0.6 is 0 Å². The van der Waals surface area contributed by atoms with Gasteiger partial charge in [0.15, 0.2) is 0 Å². The van der Waals surface area contributed by atoms with Gasteiger partial charge >= 0.3 is 6.03 Å². The third kappa shape index (κ3) is 5.85. The number of urea groups is 1. The lowest BCUT2D eigenvalue weighted by atomic mass is 10.1. The van der Waals surface area contributed by atoms with Crippen LogP contribution in [0.3, 0.4) is 0 Å². The van der Waals surface area contributed by atoms with Crippen molar-refractivity contribution in [3.05, 3.63) is 91.0 Å². The number of hydrogen-bond acceptors (Lipinski definition) is 6. The molecule has 3 N–H and O–H groups in total. The first-order valence-corrected chi connectivity index (χ1v) is 12.4. The SMILES string of the molecule is CNC(=O)c1cc(Oc2ccc(NC(=O)Nc3cn(C(C)C)nc3-c3ccc4ncccc4c3)cc2)ccn1. The second kappa shape index (κ2) is 11.0. The number of carbonyl (C=O) groups excluding carboxylic acids is 2. The average Bonchev–Trinajstić information content (AvgIpc) is 3.37. The zero-order valence-corrected chi connectivity index (χ0v) is 21.7. The molecule has 10 nitrogen and oxygen atoms in total. The molecule has 39 heavy (non-hydrogen) atoms. The van der Waals surface area contributed by atoms with Gasteiger partial charge in [-0.15, -0.1) is 0 Å². The zero-order valence-electron chi connectivity index (χ0n) is 21.7. The Hall–Kier alpha value is -5.25. The van der Waals surface area contributed by atoms with Crippen LogP contribution in [-0.2, 0) is 0 Å². The summed E-state index contributed by atoms with van der Waals surface area (Å²) in [6.07, 6.45) is 5.09. The number of benzene rings is 2. The van der Waals surface area contributed by atoms with Gasteiger partial charge in [0.25, 0.3) is 5.91 Å².